The normalized spacial score (nSPS) is 13.9. The third-order valence-electron chi connectivity index (χ3n) is 5.46. The molecular weight excluding hydrogens is 420 g/mol. The summed E-state index contributed by atoms with van der Waals surface area (Å²) in [5.74, 6) is 3.50. The van der Waals surface area contributed by atoms with Gasteiger partial charge in [-0.1, -0.05) is 6.07 Å². The van der Waals surface area contributed by atoms with Crippen LogP contribution in [0.15, 0.2) is 41.4 Å². The lowest BCUT2D eigenvalue weighted by atomic mass is 10.1. The van der Waals surface area contributed by atoms with Crippen molar-refractivity contribution in [1.29, 1.82) is 0 Å². The number of aliphatic imine (C=N–C) groups is 1. The minimum atomic E-state index is 0.522. The highest BCUT2D eigenvalue weighted by molar-refractivity contribution is 5.93. The topological polar surface area (TPSA) is 93.1 Å². The molecule has 2 N–H and O–H groups in total. The Morgan fingerprint density at radius 2 is 1.91 bits per heavy atom. The predicted molar refractivity (Wildman–Crippen MR) is 129 cm³/mol. The summed E-state index contributed by atoms with van der Waals surface area (Å²) >= 11 is 0. The van der Waals surface area contributed by atoms with E-state index in [9.17, 15) is 0 Å². The number of benzene rings is 2. The Morgan fingerprint density at radius 3 is 2.64 bits per heavy atom. The molecule has 0 unspecified atom stereocenters. The van der Waals surface area contributed by atoms with Gasteiger partial charge in [-0.25, -0.2) is 15.0 Å². The first-order valence-electron chi connectivity index (χ1n) is 11.0. The number of anilines is 1. The van der Waals surface area contributed by atoms with Gasteiger partial charge >= 0.3 is 0 Å². The molecule has 0 amide bonds. The minimum Gasteiger partial charge on any atom is -0.494 e. The quantitative estimate of drug-likeness (QED) is 0.541. The van der Waals surface area contributed by atoms with Crippen molar-refractivity contribution in [2.24, 2.45) is 4.99 Å². The van der Waals surface area contributed by atoms with Crippen molar-refractivity contribution in [3.63, 3.8) is 0 Å². The molecule has 0 saturated carbocycles. The van der Waals surface area contributed by atoms with Crippen LogP contribution in [-0.4, -0.2) is 61.5 Å². The molecule has 9 heteroatoms. The van der Waals surface area contributed by atoms with Crippen molar-refractivity contribution in [3.05, 3.63) is 47.7 Å². The molecule has 0 aliphatic carbocycles. The molecule has 0 atom stereocenters. The zero-order valence-corrected chi connectivity index (χ0v) is 19.5. The molecule has 174 valence electrons. The largest absolute Gasteiger partial charge is 0.494 e. The summed E-state index contributed by atoms with van der Waals surface area (Å²) in [5.41, 5.74) is 2.94. The van der Waals surface area contributed by atoms with Gasteiger partial charge in [-0.3, -0.25) is 10.2 Å². The first kappa shape index (κ1) is 22.6. The number of guanidine groups is 1. The maximum atomic E-state index is 5.58. The number of fused-ring (bicyclic) bond motifs is 1. The van der Waals surface area contributed by atoms with Crippen molar-refractivity contribution in [1.82, 2.24) is 20.2 Å². The van der Waals surface area contributed by atoms with Crippen LogP contribution in [0.25, 0.3) is 10.9 Å². The second kappa shape index (κ2) is 10.4. The van der Waals surface area contributed by atoms with Gasteiger partial charge < -0.3 is 19.5 Å². The zero-order valence-electron chi connectivity index (χ0n) is 19.5. The van der Waals surface area contributed by atoms with Crippen LogP contribution in [0.2, 0.25) is 0 Å². The van der Waals surface area contributed by atoms with Crippen LogP contribution >= 0.6 is 0 Å². The van der Waals surface area contributed by atoms with Crippen LogP contribution in [0.3, 0.4) is 0 Å². The van der Waals surface area contributed by atoms with Crippen LogP contribution in [0.1, 0.15) is 18.2 Å². The monoisotopic (exact) mass is 450 g/mol. The van der Waals surface area contributed by atoms with Crippen LogP contribution in [0, 0.1) is 6.92 Å². The average Bonchev–Trinajstić information content (AvgIpc) is 2.84. The number of aromatic nitrogens is 2. The lowest BCUT2D eigenvalue weighted by molar-refractivity contribution is 0.268. The molecule has 0 fully saturated rings. The number of aryl methyl sites for hydroxylation is 1. The summed E-state index contributed by atoms with van der Waals surface area (Å²) in [6.07, 6.45) is 0.886. The van der Waals surface area contributed by atoms with Gasteiger partial charge in [0, 0.05) is 11.9 Å². The molecule has 0 radical (unpaired) electrons. The molecule has 9 nitrogen and oxygen atoms in total. The first-order valence-corrected chi connectivity index (χ1v) is 11.0. The van der Waals surface area contributed by atoms with E-state index in [-0.39, 0.29) is 0 Å². The maximum absolute atomic E-state index is 5.58. The lowest BCUT2D eigenvalue weighted by Gasteiger charge is -2.27. The number of ether oxygens (including phenoxy) is 3. The van der Waals surface area contributed by atoms with Gasteiger partial charge in [0.15, 0.2) is 11.5 Å². The van der Waals surface area contributed by atoms with Gasteiger partial charge in [0.05, 0.1) is 45.4 Å². The second-order valence-electron chi connectivity index (χ2n) is 7.69. The molecule has 0 saturated heterocycles. The van der Waals surface area contributed by atoms with E-state index >= 15 is 0 Å². The molecule has 1 aliphatic rings. The smallest absolute Gasteiger partial charge is 0.230 e. The molecule has 1 aliphatic heterocycles. The molecular formula is C24H30N6O3. The highest BCUT2D eigenvalue weighted by Crippen LogP contribution is 2.28. The van der Waals surface area contributed by atoms with Crippen LogP contribution in [0.5, 0.6) is 17.2 Å². The van der Waals surface area contributed by atoms with Gasteiger partial charge in [-0.15, -0.1) is 0 Å². The summed E-state index contributed by atoms with van der Waals surface area (Å²) in [7, 11) is 3.29. The number of methoxy groups -OCH3 is 2. The molecule has 33 heavy (non-hydrogen) atoms. The second-order valence-corrected chi connectivity index (χ2v) is 7.69. The molecule has 2 heterocycles. The Balaban J connectivity index is 1.35. The summed E-state index contributed by atoms with van der Waals surface area (Å²) in [6.45, 7) is 6.71. The summed E-state index contributed by atoms with van der Waals surface area (Å²) in [4.78, 5) is 16.0. The Morgan fingerprint density at radius 1 is 1.06 bits per heavy atom. The standard InChI is InChI=1S/C24H30N6O3/c1-5-33-18-7-8-20-19(13-18)16(2)27-24(28-20)29-23-25-14-30(15-26-23)11-10-17-6-9-21(31-3)22(12-17)32-4/h6-9,12-13H,5,10-11,14-15H2,1-4H3,(H2,25,26,27,28,29). The van der Waals surface area contributed by atoms with E-state index in [2.05, 4.69) is 36.6 Å². The third-order valence-corrected chi connectivity index (χ3v) is 5.46. The fraction of sp³-hybridized carbons (Fsp3) is 0.375. The van der Waals surface area contributed by atoms with E-state index in [0.29, 0.717) is 31.9 Å². The minimum absolute atomic E-state index is 0.522. The number of nitrogens with zero attached hydrogens (tertiary/aromatic N) is 4. The fourth-order valence-electron chi connectivity index (χ4n) is 3.70. The molecule has 0 spiro atoms. The molecule has 4 rings (SSSR count). The Hall–Kier alpha value is -3.59. The van der Waals surface area contributed by atoms with Crippen molar-refractivity contribution in [3.8, 4) is 17.2 Å². The van der Waals surface area contributed by atoms with Gasteiger partial charge in [0.1, 0.15) is 5.75 Å². The van der Waals surface area contributed by atoms with Gasteiger partial charge in [-0.05, 0) is 56.2 Å². The van der Waals surface area contributed by atoms with Gasteiger partial charge in [0.25, 0.3) is 0 Å². The zero-order chi connectivity index (χ0) is 23.2. The average molecular weight is 451 g/mol. The molecule has 3 aromatic rings. The molecule has 1 aromatic heterocycles. The third kappa shape index (κ3) is 5.43. The molecule has 0 bridgehead atoms. The van der Waals surface area contributed by atoms with Crippen molar-refractivity contribution in [2.45, 2.75) is 20.3 Å². The van der Waals surface area contributed by atoms with Crippen LogP contribution < -0.4 is 24.8 Å². The fourth-order valence-corrected chi connectivity index (χ4v) is 3.70. The first-order chi connectivity index (χ1) is 16.1. The van der Waals surface area contributed by atoms with Gasteiger partial charge in [0.2, 0.25) is 11.9 Å². The van der Waals surface area contributed by atoms with E-state index in [1.807, 2.05) is 44.2 Å². The van der Waals surface area contributed by atoms with Crippen LogP contribution in [0.4, 0.5) is 5.95 Å². The summed E-state index contributed by atoms with van der Waals surface area (Å²) in [5, 5.41) is 7.49. The van der Waals surface area contributed by atoms with Crippen molar-refractivity contribution < 1.29 is 14.2 Å². The number of rotatable bonds is 8. The van der Waals surface area contributed by atoms with E-state index in [0.717, 1.165) is 46.8 Å². The van der Waals surface area contributed by atoms with E-state index < -0.39 is 0 Å². The van der Waals surface area contributed by atoms with E-state index in [1.165, 1.54) is 5.56 Å². The highest BCUT2D eigenvalue weighted by atomic mass is 16.5. The Labute approximate surface area is 193 Å². The van der Waals surface area contributed by atoms with Crippen molar-refractivity contribution >= 4 is 22.8 Å². The Bertz CT molecular complexity index is 1150. The van der Waals surface area contributed by atoms with E-state index in [4.69, 9.17) is 14.2 Å². The van der Waals surface area contributed by atoms with Gasteiger partial charge in [-0.2, -0.15) is 0 Å². The highest BCUT2D eigenvalue weighted by Gasteiger charge is 2.14. The molecule has 2 aromatic carbocycles. The maximum Gasteiger partial charge on any atom is 0.230 e. The Kier molecular flexibility index (Phi) is 7.09. The summed E-state index contributed by atoms with van der Waals surface area (Å²) < 4.78 is 16.3. The SMILES string of the molecule is CCOc1ccc2nc(NC3=NCN(CCc4ccc(OC)c(OC)c4)CN3)nc(C)c2c1. The summed E-state index contributed by atoms with van der Waals surface area (Å²) in [6, 6.07) is 11.9. The lowest BCUT2D eigenvalue weighted by Crippen LogP contribution is -2.46. The van der Waals surface area contributed by atoms with E-state index in [1.54, 1.807) is 14.2 Å². The van der Waals surface area contributed by atoms with Crippen LogP contribution in [-0.2, 0) is 6.42 Å². The van der Waals surface area contributed by atoms with Crippen molar-refractivity contribution in [2.75, 3.05) is 46.0 Å². The predicted octanol–water partition coefficient (Wildman–Crippen LogP) is 3.18. The number of nitrogens with one attached hydrogen (secondary N) is 2. The number of hydrogen-bond donors (Lipinski definition) is 2. The number of hydrogen-bond acceptors (Lipinski definition) is 9.